The number of esters is 2. The molecule has 1 heterocycles. The number of benzene rings is 2. The molecule has 0 bridgehead atoms. The topological polar surface area (TPSA) is 83.4 Å². The van der Waals surface area contributed by atoms with Crippen LogP contribution in [0.25, 0.3) is 5.70 Å². The zero-order valence-electron chi connectivity index (χ0n) is 18.7. The molecule has 2 aromatic rings. The molecule has 7 heteroatoms. The van der Waals surface area contributed by atoms with Crippen LogP contribution in [0.15, 0.2) is 59.1 Å². The van der Waals surface area contributed by atoms with E-state index >= 15 is 0 Å². The Morgan fingerprint density at radius 1 is 0.844 bits per heavy atom. The Bertz CT molecular complexity index is 1020. The number of carbonyl (C=O) groups is 2. The summed E-state index contributed by atoms with van der Waals surface area (Å²) in [5, 5.41) is 0. The van der Waals surface area contributed by atoms with E-state index in [-0.39, 0.29) is 19.6 Å². The molecule has 0 spiro atoms. The lowest BCUT2D eigenvalue weighted by Gasteiger charge is -2.25. The number of aliphatic imine (C=N–C) groups is 1. The minimum absolute atomic E-state index is 0.129. The Kier molecular flexibility index (Phi) is 7.65. The lowest BCUT2D eigenvalue weighted by atomic mass is 9.85. The summed E-state index contributed by atoms with van der Waals surface area (Å²) in [6.45, 7) is 3.94. The molecule has 0 N–H and O–H groups in total. The van der Waals surface area contributed by atoms with Gasteiger partial charge >= 0.3 is 11.9 Å². The highest BCUT2D eigenvalue weighted by atomic mass is 16.5. The standard InChI is InChI=1S/C25H27NO6/c1-5-31-24(27)20-15-21(25(28)32-6-2)23(17-9-13-19(30-4)14-10-17)26-22(20)16-7-11-18(29-3)12-8-16/h7-14,20H,5-6,15H2,1-4H3. The molecule has 2 aromatic carbocycles. The van der Waals surface area contributed by atoms with Crippen LogP contribution in [0, 0.1) is 5.92 Å². The third-order valence-electron chi connectivity index (χ3n) is 5.10. The van der Waals surface area contributed by atoms with Gasteiger partial charge in [0.25, 0.3) is 0 Å². The third kappa shape index (κ3) is 4.99. The summed E-state index contributed by atoms with van der Waals surface area (Å²) < 4.78 is 21.1. The van der Waals surface area contributed by atoms with Crippen LogP contribution in [-0.2, 0) is 19.1 Å². The molecule has 0 saturated carbocycles. The smallest absolute Gasteiger partial charge is 0.336 e. The largest absolute Gasteiger partial charge is 0.497 e. The van der Waals surface area contributed by atoms with Crippen LogP contribution in [0.4, 0.5) is 0 Å². The summed E-state index contributed by atoms with van der Waals surface area (Å²) in [7, 11) is 3.17. The van der Waals surface area contributed by atoms with E-state index in [1.165, 1.54) is 0 Å². The van der Waals surface area contributed by atoms with Gasteiger partial charge in [0.15, 0.2) is 0 Å². The van der Waals surface area contributed by atoms with Gasteiger partial charge in [-0.25, -0.2) is 4.79 Å². The van der Waals surface area contributed by atoms with Gasteiger partial charge in [-0.05, 0) is 67.9 Å². The van der Waals surface area contributed by atoms with Gasteiger partial charge in [0.05, 0.1) is 44.4 Å². The number of nitrogens with zero attached hydrogens (tertiary/aromatic N) is 1. The number of hydrogen-bond donors (Lipinski definition) is 0. The third-order valence-corrected chi connectivity index (χ3v) is 5.10. The molecule has 0 radical (unpaired) electrons. The maximum Gasteiger partial charge on any atom is 0.336 e. The van der Waals surface area contributed by atoms with Crippen molar-refractivity contribution < 1.29 is 28.5 Å². The fourth-order valence-electron chi connectivity index (χ4n) is 3.51. The van der Waals surface area contributed by atoms with E-state index in [2.05, 4.69) is 0 Å². The fourth-order valence-corrected chi connectivity index (χ4v) is 3.51. The first-order chi connectivity index (χ1) is 15.5. The number of carbonyl (C=O) groups excluding carboxylic acids is 2. The van der Waals surface area contributed by atoms with Gasteiger partial charge in [-0.1, -0.05) is 0 Å². The summed E-state index contributed by atoms with van der Waals surface area (Å²) in [6.07, 6.45) is 0.129. The lowest BCUT2D eigenvalue weighted by Crippen LogP contribution is -2.32. The molecule has 0 amide bonds. The van der Waals surface area contributed by atoms with Crippen molar-refractivity contribution in [2.45, 2.75) is 20.3 Å². The molecule has 0 aliphatic carbocycles. The Morgan fingerprint density at radius 2 is 1.38 bits per heavy atom. The molecule has 3 rings (SSSR count). The van der Waals surface area contributed by atoms with Gasteiger partial charge in [0.2, 0.25) is 0 Å². The lowest BCUT2D eigenvalue weighted by molar-refractivity contribution is -0.145. The molecule has 7 nitrogen and oxygen atoms in total. The normalized spacial score (nSPS) is 15.6. The van der Waals surface area contributed by atoms with Crippen LogP contribution in [0.1, 0.15) is 31.4 Å². The molecule has 1 atom stereocenters. The van der Waals surface area contributed by atoms with Gasteiger partial charge < -0.3 is 18.9 Å². The second kappa shape index (κ2) is 10.6. The van der Waals surface area contributed by atoms with Gasteiger partial charge in [0, 0.05) is 12.0 Å². The van der Waals surface area contributed by atoms with Gasteiger partial charge in [-0.3, -0.25) is 9.79 Å². The van der Waals surface area contributed by atoms with Crippen molar-refractivity contribution in [2.24, 2.45) is 10.9 Å². The highest BCUT2D eigenvalue weighted by Crippen LogP contribution is 2.35. The molecule has 0 aromatic heterocycles. The van der Waals surface area contributed by atoms with E-state index in [0.717, 1.165) is 11.1 Å². The predicted molar refractivity (Wildman–Crippen MR) is 121 cm³/mol. The highest BCUT2D eigenvalue weighted by Gasteiger charge is 2.36. The van der Waals surface area contributed by atoms with Crippen LogP contribution in [-0.4, -0.2) is 45.1 Å². The van der Waals surface area contributed by atoms with Crippen molar-refractivity contribution >= 4 is 23.3 Å². The van der Waals surface area contributed by atoms with Crippen molar-refractivity contribution in [3.05, 3.63) is 65.2 Å². The zero-order valence-corrected chi connectivity index (χ0v) is 18.7. The molecular weight excluding hydrogens is 410 g/mol. The van der Waals surface area contributed by atoms with Crippen molar-refractivity contribution in [1.29, 1.82) is 0 Å². The summed E-state index contributed by atoms with van der Waals surface area (Å²) in [5.41, 5.74) is 2.81. The maximum absolute atomic E-state index is 12.8. The first-order valence-corrected chi connectivity index (χ1v) is 10.5. The Morgan fingerprint density at radius 3 is 1.88 bits per heavy atom. The van der Waals surface area contributed by atoms with Crippen LogP contribution >= 0.6 is 0 Å². The summed E-state index contributed by atoms with van der Waals surface area (Å²) in [6, 6.07) is 14.5. The minimum atomic E-state index is -0.732. The Hall–Kier alpha value is -3.61. The molecule has 1 aliphatic rings. The monoisotopic (exact) mass is 437 g/mol. The molecule has 1 unspecified atom stereocenters. The number of hydrogen-bond acceptors (Lipinski definition) is 7. The van der Waals surface area contributed by atoms with E-state index in [1.807, 2.05) is 24.3 Å². The Labute approximate surface area is 187 Å². The molecule has 0 saturated heterocycles. The number of ether oxygens (including phenoxy) is 4. The van der Waals surface area contributed by atoms with E-state index in [0.29, 0.717) is 28.5 Å². The SMILES string of the molecule is CCOC(=O)C1=C(c2ccc(OC)cc2)N=C(c2ccc(OC)cc2)C(C(=O)OCC)C1. The van der Waals surface area contributed by atoms with Crippen molar-refractivity contribution in [3.63, 3.8) is 0 Å². The fraction of sp³-hybridized carbons (Fsp3) is 0.320. The summed E-state index contributed by atoms with van der Waals surface area (Å²) in [4.78, 5) is 30.5. The maximum atomic E-state index is 12.8. The molecule has 32 heavy (non-hydrogen) atoms. The second-order valence-corrected chi connectivity index (χ2v) is 7.01. The van der Waals surface area contributed by atoms with E-state index in [1.54, 1.807) is 52.3 Å². The van der Waals surface area contributed by atoms with E-state index in [4.69, 9.17) is 23.9 Å². The van der Waals surface area contributed by atoms with Crippen LogP contribution in [0.2, 0.25) is 0 Å². The van der Waals surface area contributed by atoms with Gasteiger partial charge in [-0.2, -0.15) is 0 Å². The first-order valence-electron chi connectivity index (χ1n) is 10.5. The van der Waals surface area contributed by atoms with Crippen molar-refractivity contribution in [1.82, 2.24) is 0 Å². The average Bonchev–Trinajstić information content (AvgIpc) is 2.83. The zero-order chi connectivity index (χ0) is 23.1. The number of methoxy groups -OCH3 is 2. The van der Waals surface area contributed by atoms with Crippen LogP contribution in [0.3, 0.4) is 0 Å². The van der Waals surface area contributed by atoms with Crippen LogP contribution < -0.4 is 9.47 Å². The second-order valence-electron chi connectivity index (χ2n) is 7.01. The molecule has 0 fully saturated rings. The van der Waals surface area contributed by atoms with E-state index < -0.39 is 17.9 Å². The predicted octanol–water partition coefficient (Wildman–Crippen LogP) is 4.05. The summed E-state index contributed by atoms with van der Waals surface area (Å²) >= 11 is 0. The average molecular weight is 437 g/mol. The quantitative estimate of drug-likeness (QED) is 0.580. The first kappa shape index (κ1) is 23.1. The molecule has 1 aliphatic heterocycles. The Balaban J connectivity index is 2.17. The number of rotatable bonds is 8. The highest BCUT2D eigenvalue weighted by molar-refractivity contribution is 6.17. The van der Waals surface area contributed by atoms with Crippen molar-refractivity contribution in [2.75, 3.05) is 27.4 Å². The molecular formula is C25H27NO6. The van der Waals surface area contributed by atoms with E-state index in [9.17, 15) is 9.59 Å². The van der Waals surface area contributed by atoms with Gasteiger partial charge in [-0.15, -0.1) is 0 Å². The summed E-state index contributed by atoms with van der Waals surface area (Å²) in [5.74, 6) is -0.282. The van der Waals surface area contributed by atoms with Gasteiger partial charge in [0.1, 0.15) is 17.4 Å². The molecule has 168 valence electrons. The van der Waals surface area contributed by atoms with Crippen molar-refractivity contribution in [3.8, 4) is 11.5 Å². The van der Waals surface area contributed by atoms with Crippen LogP contribution in [0.5, 0.6) is 11.5 Å². The minimum Gasteiger partial charge on any atom is -0.497 e.